The molecule has 1 rings (SSSR count). The monoisotopic (exact) mass is 202 g/mol. The van der Waals surface area contributed by atoms with E-state index >= 15 is 0 Å². The average Bonchev–Trinajstić information content (AvgIpc) is 2.17. The largest absolute Gasteiger partial charge is 0.392 e. The predicted octanol–water partition coefficient (Wildman–Crippen LogP) is 1.28. The normalized spacial score (nSPS) is 10.6. The maximum Gasteiger partial charge on any atom is 0.255 e. The molecule has 0 amide bonds. The smallest absolute Gasteiger partial charge is 0.255 e. The first kappa shape index (κ1) is 10.8. The molecule has 5 heteroatoms. The molecule has 14 heavy (non-hydrogen) atoms. The van der Waals surface area contributed by atoms with Crippen LogP contribution in [0.1, 0.15) is 5.56 Å². The number of rotatable bonds is 4. The third kappa shape index (κ3) is 2.92. The van der Waals surface area contributed by atoms with Crippen molar-refractivity contribution in [2.75, 3.05) is 18.5 Å². The second-order valence-electron chi connectivity index (χ2n) is 2.95. The molecule has 0 bridgehead atoms. The Labute approximate surface area is 81.0 Å². The lowest BCUT2D eigenvalue weighted by molar-refractivity contribution is 0.156. The number of nitrogens with zero attached hydrogens (tertiary/aromatic N) is 2. The Balaban J connectivity index is 2.66. The third-order valence-corrected chi connectivity index (χ3v) is 1.79. The maximum absolute atomic E-state index is 12.0. The van der Waals surface area contributed by atoms with Crippen LogP contribution >= 0.6 is 0 Å². The number of aromatic nitrogens is 1. The minimum atomic E-state index is -2.38. The highest BCUT2D eigenvalue weighted by molar-refractivity contribution is 5.38. The fourth-order valence-electron chi connectivity index (χ4n) is 1.04. The third-order valence-electron chi connectivity index (χ3n) is 1.79. The minimum absolute atomic E-state index is 0.0914. The molecule has 1 N–H and O–H groups in total. The maximum atomic E-state index is 12.0. The number of aliphatic hydroxyl groups is 1. The van der Waals surface area contributed by atoms with E-state index in [0.717, 1.165) is 0 Å². The average molecular weight is 202 g/mol. The van der Waals surface area contributed by atoms with Crippen molar-refractivity contribution in [3.63, 3.8) is 0 Å². The van der Waals surface area contributed by atoms with E-state index in [1.807, 2.05) is 0 Å². The summed E-state index contributed by atoms with van der Waals surface area (Å²) in [7, 11) is 1.55. The van der Waals surface area contributed by atoms with Crippen molar-refractivity contribution in [2.45, 2.75) is 13.0 Å². The van der Waals surface area contributed by atoms with Crippen LogP contribution in [0.2, 0.25) is 0 Å². The lowest BCUT2D eigenvalue weighted by Crippen LogP contribution is -2.24. The summed E-state index contributed by atoms with van der Waals surface area (Å²) in [5.74, 6) is 0.475. The first-order valence-corrected chi connectivity index (χ1v) is 4.18. The summed E-state index contributed by atoms with van der Waals surface area (Å²) in [5, 5.41) is 8.74. The van der Waals surface area contributed by atoms with E-state index in [9.17, 15) is 8.78 Å². The molecule has 1 heterocycles. The number of pyridine rings is 1. The van der Waals surface area contributed by atoms with Gasteiger partial charge in [0.2, 0.25) is 0 Å². The molecule has 0 aromatic carbocycles. The van der Waals surface area contributed by atoms with Gasteiger partial charge in [-0.2, -0.15) is 0 Å². The van der Waals surface area contributed by atoms with Crippen LogP contribution in [0.3, 0.4) is 0 Å². The van der Waals surface area contributed by atoms with Crippen molar-refractivity contribution in [2.24, 2.45) is 0 Å². The van der Waals surface area contributed by atoms with E-state index in [1.54, 1.807) is 19.2 Å². The second kappa shape index (κ2) is 4.85. The zero-order valence-electron chi connectivity index (χ0n) is 7.82. The molecule has 78 valence electrons. The summed E-state index contributed by atoms with van der Waals surface area (Å²) < 4.78 is 24.0. The van der Waals surface area contributed by atoms with Crippen LogP contribution in [0.5, 0.6) is 0 Å². The molecule has 0 saturated heterocycles. The lowest BCUT2D eigenvalue weighted by Gasteiger charge is -2.17. The second-order valence-corrected chi connectivity index (χ2v) is 2.95. The molecule has 0 aliphatic heterocycles. The number of aliphatic hydroxyl groups excluding tert-OH is 1. The molecule has 3 nitrogen and oxygen atoms in total. The van der Waals surface area contributed by atoms with Crippen LogP contribution in [0.25, 0.3) is 0 Å². The van der Waals surface area contributed by atoms with Crippen molar-refractivity contribution in [1.29, 1.82) is 0 Å². The molecule has 1 aromatic heterocycles. The van der Waals surface area contributed by atoms with Crippen molar-refractivity contribution in [1.82, 2.24) is 4.98 Å². The van der Waals surface area contributed by atoms with Crippen LogP contribution in [0.4, 0.5) is 14.6 Å². The van der Waals surface area contributed by atoms with Gasteiger partial charge in [0.05, 0.1) is 13.2 Å². The van der Waals surface area contributed by atoms with Crippen molar-refractivity contribution in [3.05, 3.63) is 23.9 Å². The van der Waals surface area contributed by atoms with Gasteiger partial charge in [0.1, 0.15) is 5.82 Å². The van der Waals surface area contributed by atoms with Gasteiger partial charge in [0, 0.05) is 13.2 Å². The number of alkyl halides is 2. The van der Waals surface area contributed by atoms with Gasteiger partial charge in [-0.25, -0.2) is 13.8 Å². The van der Waals surface area contributed by atoms with E-state index in [2.05, 4.69) is 4.98 Å². The van der Waals surface area contributed by atoms with Crippen molar-refractivity contribution < 1.29 is 13.9 Å². The molecule has 0 saturated carbocycles. The summed E-state index contributed by atoms with van der Waals surface area (Å²) in [4.78, 5) is 5.30. The Kier molecular flexibility index (Phi) is 3.76. The van der Waals surface area contributed by atoms with E-state index in [4.69, 9.17) is 5.11 Å². The Morgan fingerprint density at radius 2 is 2.21 bits per heavy atom. The fourth-order valence-corrected chi connectivity index (χ4v) is 1.04. The lowest BCUT2D eigenvalue weighted by atomic mass is 10.3. The quantitative estimate of drug-likeness (QED) is 0.798. The van der Waals surface area contributed by atoms with Crippen molar-refractivity contribution >= 4 is 5.82 Å². The fraction of sp³-hybridized carbons (Fsp3) is 0.444. The van der Waals surface area contributed by atoms with Gasteiger partial charge < -0.3 is 10.0 Å². The van der Waals surface area contributed by atoms with E-state index < -0.39 is 6.43 Å². The van der Waals surface area contributed by atoms with Crippen molar-refractivity contribution in [3.8, 4) is 0 Å². The molecular weight excluding hydrogens is 190 g/mol. The molecule has 0 aliphatic carbocycles. The van der Waals surface area contributed by atoms with Gasteiger partial charge in [0.25, 0.3) is 6.43 Å². The van der Waals surface area contributed by atoms with E-state index in [0.29, 0.717) is 11.4 Å². The Morgan fingerprint density at radius 3 is 2.64 bits per heavy atom. The van der Waals surface area contributed by atoms with E-state index in [-0.39, 0.29) is 13.2 Å². The summed E-state index contributed by atoms with van der Waals surface area (Å²) >= 11 is 0. The Morgan fingerprint density at radius 1 is 1.50 bits per heavy atom. The summed E-state index contributed by atoms with van der Waals surface area (Å²) in [6.07, 6.45) is -0.906. The zero-order valence-corrected chi connectivity index (χ0v) is 7.82. The highest BCUT2D eigenvalue weighted by Gasteiger charge is 2.08. The molecule has 1 aromatic rings. The summed E-state index contributed by atoms with van der Waals surface area (Å²) in [6, 6.07) is 3.26. The number of hydrogen-bond acceptors (Lipinski definition) is 3. The number of anilines is 1. The summed E-state index contributed by atoms with van der Waals surface area (Å²) in [5.41, 5.74) is 0.666. The first-order chi connectivity index (χ1) is 6.63. The first-order valence-electron chi connectivity index (χ1n) is 4.18. The van der Waals surface area contributed by atoms with E-state index in [1.165, 1.54) is 11.1 Å². The number of hydrogen-bond donors (Lipinski definition) is 1. The SMILES string of the molecule is CN(CC(F)F)c1ccc(CO)cn1. The van der Waals surface area contributed by atoms with Gasteiger partial charge in [-0.3, -0.25) is 0 Å². The molecule has 0 unspecified atom stereocenters. The van der Waals surface area contributed by atoms with Crippen LogP contribution in [-0.2, 0) is 6.61 Å². The van der Waals surface area contributed by atoms with Crippen LogP contribution in [0, 0.1) is 0 Å². The Bertz CT molecular complexity index is 277. The Hall–Kier alpha value is -1.23. The van der Waals surface area contributed by atoms with Gasteiger partial charge in [-0.05, 0) is 11.6 Å². The minimum Gasteiger partial charge on any atom is -0.392 e. The van der Waals surface area contributed by atoms with Gasteiger partial charge in [-0.15, -0.1) is 0 Å². The standard InChI is InChI=1S/C9H12F2N2O/c1-13(5-8(10)11)9-3-2-7(6-14)4-12-9/h2-4,8,14H,5-6H2,1H3. The molecule has 0 fully saturated rings. The topological polar surface area (TPSA) is 36.4 Å². The summed E-state index contributed by atoms with van der Waals surface area (Å²) in [6.45, 7) is -0.433. The van der Waals surface area contributed by atoms with Crippen LogP contribution in [-0.4, -0.2) is 30.1 Å². The highest BCUT2D eigenvalue weighted by atomic mass is 19.3. The predicted molar refractivity (Wildman–Crippen MR) is 49.4 cm³/mol. The molecule has 0 atom stereocenters. The van der Waals surface area contributed by atoms with Crippen LogP contribution < -0.4 is 4.90 Å². The molecule has 0 spiro atoms. The van der Waals surface area contributed by atoms with Gasteiger partial charge >= 0.3 is 0 Å². The molecule has 0 radical (unpaired) electrons. The van der Waals surface area contributed by atoms with Crippen LogP contribution in [0.15, 0.2) is 18.3 Å². The molecular formula is C9H12F2N2O. The van der Waals surface area contributed by atoms with Gasteiger partial charge in [0.15, 0.2) is 0 Å². The molecule has 0 aliphatic rings. The highest BCUT2D eigenvalue weighted by Crippen LogP contribution is 2.10. The number of halogens is 2. The van der Waals surface area contributed by atoms with Gasteiger partial charge in [-0.1, -0.05) is 6.07 Å². The zero-order chi connectivity index (χ0) is 10.6.